The zero-order valence-corrected chi connectivity index (χ0v) is 13.6. The first kappa shape index (κ1) is 18.4. The summed E-state index contributed by atoms with van der Waals surface area (Å²) >= 11 is 0. The number of methoxy groups -OCH3 is 2. The predicted molar refractivity (Wildman–Crippen MR) is 88.7 cm³/mol. The standard InChI is InChI=1S/C18H16F3NO3/c1-24-15-9-8-13(11-16(15)25-2)22-17(23)10-7-12-5-3-4-6-14(12)18(19,20)21/h3-11H,1-2H3,(H,22,23)/b10-7+. The number of anilines is 1. The van der Waals surface area contributed by atoms with E-state index >= 15 is 0 Å². The molecule has 1 amide bonds. The largest absolute Gasteiger partial charge is 0.493 e. The van der Waals surface area contributed by atoms with Crippen molar-refractivity contribution in [2.75, 3.05) is 19.5 Å². The maximum Gasteiger partial charge on any atom is 0.416 e. The highest BCUT2D eigenvalue weighted by Crippen LogP contribution is 2.32. The van der Waals surface area contributed by atoms with Crippen LogP contribution in [0.2, 0.25) is 0 Å². The number of nitrogens with one attached hydrogen (secondary N) is 1. The highest BCUT2D eigenvalue weighted by molar-refractivity contribution is 6.02. The number of ether oxygens (including phenoxy) is 2. The van der Waals surface area contributed by atoms with Crippen LogP contribution in [0.3, 0.4) is 0 Å². The molecule has 0 fully saturated rings. The second-order valence-corrected chi connectivity index (χ2v) is 4.98. The molecular formula is C18H16F3NO3. The van der Waals surface area contributed by atoms with Gasteiger partial charge in [0.1, 0.15) is 0 Å². The van der Waals surface area contributed by atoms with Gasteiger partial charge in [0.25, 0.3) is 0 Å². The van der Waals surface area contributed by atoms with Gasteiger partial charge in [0.15, 0.2) is 11.5 Å². The number of carbonyl (C=O) groups excluding carboxylic acids is 1. The maximum atomic E-state index is 12.9. The van der Waals surface area contributed by atoms with Crippen LogP contribution in [0, 0.1) is 0 Å². The molecule has 0 spiro atoms. The molecule has 2 aromatic rings. The first-order valence-electron chi connectivity index (χ1n) is 7.22. The average Bonchev–Trinajstić information content (AvgIpc) is 2.59. The van der Waals surface area contributed by atoms with Crippen molar-refractivity contribution in [3.05, 3.63) is 59.7 Å². The van der Waals surface area contributed by atoms with Gasteiger partial charge in [-0.25, -0.2) is 0 Å². The Kier molecular flexibility index (Phi) is 5.69. The molecule has 4 nitrogen and oxygen atoms in total. The van der Waals surface area contributed by atoms with Gasteiger partial charge in [-0.05, 0) is 29.8 Å². The van der Waals surface area contributed by atoms with Crippen LogP contribution >= 0.6 is 0 Å². The van der Waals surface area contributed by atoms with E-state index in [1.807, 2.05) is 0 Å². The van der Waals surface area contributed by atoms with E-state index in [9.17, 15) is 18.0 Å². The molecule has 2 rings (SSSR count). The topological polar surface area (TPSA) is 47.6 Å². The van der Waals surface area contributed by atoms with Gasteiger partial charge in [0.05, 0.1) is 19.8 Å². The molecule has 7 heteroatoms. The third-order valence-electron chi connectivity index (χ3n) is 3.33. The molecular weight excluding hydrogens is 335 g/mol. The molecule has 0 aliphatic rings. The van der Waals surface area contributed by atoms with Crippen molar-refractivity contribution in [2.45, 2.75) is 6.18 Å². The van der Waals surface area contributed by atoms with Crippen LogP contribution in [0.1, 0.15) is 11.1 Å². The molecule has 1 N–H and O–H groups in total. The maximum absolute atomic E-state index is 12.9. The molecule has 0 saturated carbocycles. The van der Waals surface area contributed by atoms with Gasteiger partial charge in [0.2, 0.25) is 5.91 Å². The lowest BCUT2D eigenvalue weighted by Crippen LogP contribution is -2.09. The van der Waals surface area contributed by atoms with E-state index in [-0.39, 0.29) is 5.56 Å². The van der Waals surface area contributed by atoms with E-state index in [4.69, 9.17) is 9.47 Å². The molecule has 0 saturated heterocycles. The lowest BCUT2D eigenvalue weighted by atomic mass is 10.1. The second kappa shape index (κ2) is 7.74. The molecule has 0 atom stereocenters. The normalized spacial score (nSPS) is 11.4. The third kappa shape index (κ3) is 4.76. The van der Waals surface area contributed by atoms with Crippen molar-refractivity contribution in [1.82, 2.24) is 0 Å². The van der Waals surface area contributed by atoms with Crippen molar-refractivity contribution in [3.8, 4) is 11.5 Å². The smallest absolute Gasteiger partial charge is 0.416 e. The number of halogens is 3. The van der Waals surface area contributed by atoms with Crippen LogP contribution in [0.15, 0.2) is 48.5 Å². The monoisotopic (exact) mass is 351 g/mol. The molecule has 0 unspecified atom stereocenters. The quantitative estimate of drug-likeness (QED) is 0.814. The summed E-state index contributed by atoms with van der Waals surface area (Å²) in [6.45, 7) is 0. The summed E-state index contributed by atoms with van der Waals surface area (Å²) < 4.78 is 49.0. The highest BCUT2D eigenvalue weighted by Gasteiger charge is 2.32. The van der Waals surface area contributed by atoms with Crippen LogP contribution in [-0.2, 0) is 11.0 Å². The Balaban J connectivity index is 2.15. The summed E-state index contributed by atoms with van der Waals surface area (Å²) in [4.78, 5) is 11.9. The zero-order chi connectivity index (χ0) is 18.4. The minimum atomic E-state index is -4.49. The number of amides is 1. The fraction of sp³-hybridized carbons (Fsp3) is 0.167. The van der Waals surface area contributed by atoms with E-state index in [2.05, 4.69) is 5.32 Å². The van der Waals surface area contributed by atoms with Crippen LogP contribution in [0.4, 0.5) is 18.9 Å². The fourth-order valence-corrected chi connectivity index (χ4v) is 2.16. The number of hydrogen-bond acceptors (Lipinski definition) is 3. The number of benzene rings is 2. The van der Waals surface area contributed by atoms with Crippen LogP contribution in [-0.4, -0.2) is 20.1 Å². The predicted octanol–water partition coefficient (Wildman–Crippen LogP) is 4.37. The Bertz CT molecular complexity index is 785. The molecule has 132 valence electrons. The Hall–Kier alpha value is -2.96. The molecule has 0 heterocycles. The van der Waals surface area contributed by atoms with Gasteiger partial charge >= 0.3 is 6.18 Å². The van der Waals surface area contributed by atoms with Crippen molar-refractivity contribution in [2.24, 2.45) is 0 Å². The summed E-state index contributed by atoms with van der Waals surface area (Å²) in [7, 11) is 2.94. The van der Waals surface area contributed by atoms with Crippen LogP contribution in [0.25, 0.3) is 6.08 Å². The van der Waals surface area contributed by atoms with E-state index < -0.39 is 17.6 Å². The summed E-state index contributed by atoms with van der Waals surface area (Å²) in [5.41, 5.74) is -0.459. The summed E-state index contributed by atoms with van der Waals surface area (Å²) in [6.07, 6.45) is -2.32. The zero-order valence-electron chi connectivity index (χ0n) is 13.6. The van der Waals surface area contributed by atoms with E-state index in [0.29, 0.717) is 17.2 Å². The Morgan fingerprint density at radius 2 is 1.72 bits per heavy atom. The lowest BCUT2D eigenvalue weighted by Gasteiger charge is -2.10. The average molecular weight is 351 g/mol. The lowest BCUT2D eigenvalue weighted by molar-refractivity contribution is -0.137. The van der Waals surface area contributed by atoms with E-state index in [1.54, 1.807) is 18.2 Å². The second-order valence-electron chi connectivity index (χ2n) is 4.98. The Morgan fingerprint density at radius 1 is 1.04 bits per heavy atom. The van der Waals surface area contributed by atoms with Gasteiger partial charge in [-0.1, -0.05) is 18.2 Å². The minimum Gasteiger partial charge on any atom is -0.493 e. The number of hydrogen-bond donors (Lipinski definition) is 1. The first-order chi connectivity index (χ1) is 11.8. The Morgan fingerprint density at radius 3 is 2.36 bits per heavy atom. The first-order valence-corrected chi connectivity index (χ1v) is 7.22. The number of carbonyl (C=O) groups is 1. The highest BCUT2D eigenvalue weighted by atomic mass is 19.4. The van der Waals surface area contributed by atoms with Crippen LogP contribution < -0.4 is 14.8 Å². The number of alkyl halides is 3. The SMILES string of the molecule is COc1ccc(NC(=O)/C=C/c2ccccc2C(F)(F)F)cc1OC. The number of rotatable bonds is 5. The summed E-state index contributed by atoms with van der Waals surface area (Å²) in [6, 6.07) is 9.78. The van der Waals surface area contributed by atoms with Gasteiger partial charge in [-0.2, -0.15) is 13.2 Å². The van der Waals surface area contributed by atoms with Crippen molar-refractivity contribution in [1.29, 1.82) is 0 Å². The van der Waals surface area contributed by atoms with Gasteiger partial charge in [-0.15, -0.1) is 0 Å². The van der Waals surface area contributed by atoms with Gasteiger partial charge in [0, 0.05) is 17.8 Å². The third-order valence-corrected chi connectivity index (χ3v) is 3.33. The molecule has 0 aromatic heterocycles. The Labute approximate surface area is 142 Å². The summed E-state index contributed by atoms with van der Waals surface area (Å²) in [5, 5.41) is 2.55. The molecule has 0 aliphatic carbocycles. The molecule has 0 aliphatic heterocycles. The minimum absolute atomic E-state index is 0.0857. The van der Waals surface area contributed by atoms with Crippen LogP contribution in [0.5, 0.6) is 11.5 Å². The van der Waals surface area contributed by atoms with E-state index in [1.165, 1.54) is 32.4 Å². The van der Waals surface area contributed by atoms with Gasteiger partial charge < -0.3 is 14.8 Å². The molecule has 0 bridgehead atoms. The van der Waals surface area contributed by atoms with E-state index in [0.717, 1.165) is 18.2 Å². The van der Waals surface area contributed by atoms with Gasteiger partial charge in [-0.3, -0.25) is 4.79 Å². The van der Waals surface area contributed by atoms with Crippen molar-refractivity contribution in [3.63, 3.8) is 0 Å². The van der Waals surface area contributed by atoms with Crippen molar-refractivity contribution < 1.29 is 27.4 Å². The fourth-order valence-electron chi connectivity index (χ4n) is 2.16. The summed E-state index contributed by atoms with van der Waals surface area (Å²) in [5.74, 6) is 0.353. The molecule has 25 heavy (non-hydrogen) atoms. The molecule has 2 aromatic carbocycles. The molecule has 0 radical (unpaired) electrons. The van der Waals surface area contributed by atoms with Crippen molar-refractivity contribution >= 4 is 17.7 Å².